The van der Waals surface area contributed by atoms with Crippen molar-refractivity contribution in [1.82, 2.24) is 0 Å². The summed E-state index contributed by atoms with van der Waals surface area (Å²) in [5.74, 6) is 0. The van der Waals surface area contributed by atoms with Crippen molar-refractivity contribution >= 4 is 38.9 Å². The number of rotatable bonds is 0. The molecule has 0 aliphatic rings. The molecule has 0 atom stereocenters. The summed E-state index contributed by atoms with van der Waals surface area (Å²) in [6.07, 6.45) is 0. The Kier molecular flexibility index (Phi) is 4.49. The third-order valence-electron chi connectivity index (χ3n) is 1.08. The fourth-order valence-electron chi connectivity index (χ4n) is 0.551. The van der Waals surface area contributed by atoms with Gasteiger partial charge in [0, 0.05) is 32.3 Å². The van der Waals surface area contributed by atoms with Crippen LogP contribution in [-0.2, 0) is 0 Å². The van der Waals surface area contributed by atoms with Gasteiger partial charge in [0.1, 0.15) is 0 Å². The third kappa shape index (κ3) is 2.67. The Bertz CT molecular complexity index is 165. The van der Waals surface area contributed by atoms with Crippen molar-refractivity contribution < 1.29 is 0 Å². The summed E-state index contributed by atoms with van der Waals surface area (Å²) in [7, 11) is 0. The van der Waals surface area contributed by atoms with Crippen LogP contribution in [0.4, 0.5) is 0 Å². The molecule has 1 aromatic rings. The molecule has 0 N–H and O–H groups in total. The Morgan fingerprint density at radius 2 is 1.78 bits per heavy atom. The molecule has 0 nitrogen and oxygen atoms in total. The van der Waals surface area contributed by atoms with E-state index in [1.165, 1.54) is 0 Å². The molecule has 2 heteroatoms. The second kappa shape index (κ2) is 4.28. The van der Waals surface area contributed by atoms with E-state index >= 15 is 0 Å². The maximum Gasteiger partial charge on any atom is 0.0435 e. The van der Waals surface area contributed by atoms with Crippen molar-refractivity contribution in [3.05, 3.63) is 34.9 Å². The van der Waals surface area contributed by atoms with Crippen LogP contribution < -0.4 is 0 Å². The SMILES string of the molecule is Cc1ccccc1Cl.[Pb]. The van der Waals surface area contributed by atoms with Gasteiger partial charge in [-0.05, 0) is 18.6 Å². The fourth-order valence-corrected chi connectivity index (χ4v) is 0.687. The molecule has 4 radical (unpaired) electrons. The number of halogens is 1. The van der Waals surface area contributed by atoms with Crippen molar-refractivity contribution in [2.24, 2.45) is 0 Å². The average Bonchev–Trinajstić information content (AvgIpc) is 1.77. The third-order valence-corrected chi connectivity index (χ3v) is 1.50. The van der Waals surface area contributed by atoms with Crippen LogP contribution in [0, 0.1) is 6.92 Å². The van der Waals surface area contributed by atoms with Gasteiger partial charge < -0.3 is 0 Å². The van der Waals surface area contributed by atoms with E-state index in [0.29, 0.717) is 0 Å². The van der Waals surface area contributed by atoms with Gasteiger partial charge in [-0.25, -0.2) is 0 Å². The second-order valence-electron chi connectivity index (χ2n) is 1.75. The molecule has 0 fully saturated rings. The van der Waals surface area contributed by atoms with Crippen LogP contribution in [0.25, 0.3) is 0 Å². The van der Waals surface area contributed by atoms with E-state index in [1.807, 2.05) is 31.2 Å². The van der Waals surface area contributed by atoms with Crippen LogP contribution in [0.15, 0.2) is 24.3 Å². The van der Waals surface area contributed by atoms with E-state index in [4.69, 9.17) is 11.6 Å². The number of aryl methyl sites for hydroxylation is 1. The smallest absolute Gasteiger partial charge is 0.0435 e. The van der Waals surface area contributed by atoms with Gasteiger partial charge >= 0.3 is 0 Å². The van der Waals surface area contributed by atoms with Crippen LogP contribution in [0.5, 0.6) is 0 Å². The van der Waals surface area contributed by atoms with Gasteiger partial charge in [0.2, 0.25) is 0 Å². The molecule has 0 aliphatic heterocycles. The summed E-state index contributed by atoms with van der Waals surface area (Å²) < 4.78 is 0. The first-order valence-electron chi connectivity index (χ1n) is 2.52. The molecule has 0 saturated heterocycles. The zero-order valence-corrected chi connectivity index (χ0v) is 9.83. The molecule has 0 amide bonds. The Morgan fingerprint density at radius 1 is 1.22 bits per heavy atom. The molecule has 0 aliphatic carbocycles. The van der Waals surface area contributed by atoms with Crippen LogP contribution >= 0.6 is 11.6 Å². The van der Waals surface area contributed by atoms with Gasteiger partial charge in [-0.3, -0.25) is 0 Å². The van der Waals surface area contributed by atoms with Crippen molar-refractivity contribution in [2.75, 3.05) is 0 Å². The fraction of sp³-hybridized carbons (Fsp3) is 0.143. The van der Waals surface area contributed by atoms with Gasteiger partial charge in [0.05, 0.1) is 0 Å². The van der Waals surface area contributed by atoms with Crippen LogP contribution in [0.2, 0.25) is 5.02 Å². The summed E-state index contributed by atoms with van der Waals surface area (Å²) in [5, 5.41) is 0.840. The second-order valence-corrected chi connectivity index (χ2v) is 2.16. The minimum Gasteiger partial charge on any atom is -0.0841 e. The molecule has 0 heterocycles. The minimum atomic E-state index is 0. The molecule has 1 aromatic carbocycles. The Morgan fingerprint density at radius 3 is 2.11 bits per heavy atom. The first-order chi connectivity index (χ1) is 3.80. The van der Waals surface area contributed by atoms with E-state index in [-0.39, 0.29) is 27.3 Å². The molecule has 0 bridgehead atoms. The first kappa shape index (κ1) is 9.43. The quantitative estimate of drug-likeness (QED) is 0.639. The summed E-state index contributed by atoms with van der Waals surface area (Å²) in [5.41, 5.74) is 1.13. The van der Waals surface area contributed by atoms with Crippen molar-refractivity contribution in [2.45, 2.75) is 6.92 Å². The zero-order chi connectivity index (χ0) is 5.98. The first-order valence-corrected chi connectivity index (χ1v) is 2.89. The molecule has 9 heavy (non-hydrogen) atoms. The molecule has 0 saturated carbocycles. The van der Waals surface area contributed by atoms with Gasteiger partial charge in [-0.2, -0.15) is 0 Å². The molecular formula is C7H7ClPb. The topological polar surface area (TPSA) is 0 Å². The molecule has 0 unspecified atom stereocenters. The number of hydrogen-bond acceptors (Lipinski definition) is 0. The Balaban J connectivity index is 0.000000640. The molecular weight excluding hydrogens is 327 g/mol. The summed E-state index contributed by atoms with van der Waals surface area (Å²) in [6, 6.07) is 7.77. The maximum absolute atomic E-state index is 5.71. The van der Waals surface area contributed by atoms with E-state index in [2.05, 4.69) is 0 Å². The standard InChI is InChI=1S/C7H7Cl.Pb/c1-6-4-2-3-5-7(6)8;/h2-5H,1H3;. The van der Waals surface area contributed by atoms with Gasteiger partial charge in [0.15, 0.2) is 0 Å². The van der Waals surface area contributed by atoms with Gasteiger partial charge in [-0.1, -0.05) is 29.8 Å². The van der Waals surface area contributed by atoms with E-state index in [9.17, 15) is 0 Å². The van der Waals surface area contributed by atoms with E-state index < -0.39 is 0 Å². The predicted octanol–water partition coefficient (Wildman–Crippen LogP) is 2.27. The summed E-state index contributed by atoms with van der Waals surface area (Å²) in [4.78, 5) is 0. The maximum atomic E-state index is 5.71. The predicted molar refractivity (Wildman–Crippen MR) is 41.9 cm³/mol. The normalized spacial score (nSPS) is 8.22. The van der Waals surface area contributed by atoms with Crippen LogP contribution in [-0.4, -0.2) is 27.3 Å². The molecule has 0 aromatic heterocycles. The number of benzene rings is 1. The van der Waals surface area contributed by atoms with Gasteiger partial charge in [-0.15, -0.1) is 0 Å². The van der Waals surface area contributed by atoms with Crippen molar-refractivity contribution in [3.63, 3.8) is 0 Å². The van der Waals surface area contributed by atoms with Gasteiger partial charge in [0.25, 0.3) is 0 Å². The Hall–Kier alpha value is 0.432. The molecule has 46 valence electrons. The number of hydrogen-bond donors (Lipinski definition) is 0. The van der Waals surface area contributed by atoms with Crippen LogP contribution in [0.1, 0.15) is 5.56 Å². The minimum absolute atomic E-state index is 0. The van der Waals surface area contributed by atoms with E-state index in [0.717, 1.165) is 10.6 Å². The van der Waals surface area contributed by atoms with E-state index in [1.54, 1.807) is 0 Å². The molecule has 0 spiro atoms. The monoisotopic (exact) mass is 334 g/mol. The summed E-state index contributed by atoms with van der Waals surface area (Å²) >= 11 is 5.71. The molecule has 1 rings (SSSR count). The van der Waals surface area contributed by atoms with Crippen LogP contribution in [0.3, 0.4) is 0 Å². The van der Waals surface area contributed by atoms with Crippen molar-refractivity contribution in [3.8, 4) is 0 Å². The summed E-state index contributed by atoms with van der Waals surface area (Å²) in [6.45, 7) is 1.99. The largest absolute Gasteiger partial charge is 0.0841 e. The van der Waals surface area contributed by atoms with Crippen molar-refractivity contribution in [1.29, 1.82) is 0 Å². The zero-order valence-electron chi connectivity index (χ0n) is 5.19. The average molecular weight is 334 g/mol. The Labute approximate surface area is 80.4 Å².